The number of hydrogen-bond donors (Lipinski definition) is 2. The molecule has 3 nitrogen and oxygen atoms in total. The van der Waals surface area contributed by atoms with Crippen molar-refractivity contribution in [3.63, 3.8) is 0 Å². The van der Waals surface area contributed by atoms with Crippen LogP contribution in [0.4, 0.5) is 0 Å². The van der Waals surface area contributed by atoms with E-state index in [9.17, 15) is 9.90 Å². The standard InChI is InChI=1S/C13H18ClNO2S/c1-3-13(4-2,9-16)15-12(17)8-6-10-5-7-11(14)18-10/h5-8,16H,3-4,9H2,1-2H3,(H,15,17). The second kappa shape index (κ2) is 6.92. The molecule has 100 valence electrons. The summed E-state index contributed by atoms with van der Waals surface area (Å²) in [6.45, 7) is 3.84. The summed E-state index contributed by atoms with van der Waals surface area (Å²) in [5, 5.41) is 12.2. The predicted molar refractivity (Wildman–Crippen MR) is 76.9 cm³/mol. The van der Waals surface area contributed by atoms with Gasteiger partial charge in [-0.05, 0) is 31.1 Å². The van der Waals surface area contributed by atoms with Crippen LogP contribution in [-0.4, -0.2) is 23.2 Å². The minimum atomic E-state index is -0.519. The second-order valence-electron chi connectivity index (χ2n) is 4.11. The number of aliphatic hydroxyl groups excluding tert-OH is 1. The van der Waals surface area contributed by atoms with Crippen LogP contribution in [0.2, 0.25) is 4.34 Å². The SMILES string of the molecule is CCC(CC)(CO)NC(=O)C=Cc1ccc(Cl)s1. The summed E-state index contributed by atoms with van der Waals surface area (Å²) in [5.74, 6) is -0.197. The predicted octanol–water partition coefficient (Wildman–Crippen LogP) is 3.08. The normalized spacial score (nSPS) is 12.0. The van der Waals surface area contributed by atoms with Crippen LogP contribution in [-0.2, 0) is 4.79 Å². The molecule has 0 fully saturated rings. The van der Waals surface area contributed by atoms with Gasteiger partial charge in [0.05, 0.1) is 16.5 Å². The van der Waals surface area contributed by atoms with Gasteiger partial charge in [0.2, 0.25) is 5.91 Å². The van der Waals surface area contributed by atoms with Crippen LogP contribution in [0, 0.1) is 0 Å². The van der Waals surface area contributed by atoms with Gasteiger partial charge in [0.25, 0.3) is 0 Å². The lowest BCUT2D eigenvalue weighted by molar-refractivity contribution is -0.119. The van der Waals surface area contributed by atoms with Crippen LogP contribution in [0.1, 0.15) is 31.6 Å². The Bertz CT molecular complexity index is 416. The molecule has 0 saturated carbocycles. The van der Waals surface area contributed by atoms with Gasteiger partial charge in [0.15, 0.2) is 0 Å². The number of carbonyl (C=O) groups excluding carboxylic acids is 1. The van der Waals surface area contributed by atoms with E-state index in [1.807, 2.05) is 19.9 Å². The highest BCUT2D eigenvalue weighted by Gasteiger charge is 2.26. The molecule has 0 bridgehead atoms. The molecule has 0 spiro atoms. The minimum Gasteiger partial charge on any atom is -0.394 e. The van der Waals surface area contributed by atoms with Gasteiger partial charge in [-0.1, -0.05) is 25.4 Å². The number of amides is 1. The van der Waals surface area contributed by atoms with Gasteiger partial charge in [0, 0.05) is 11.0 Å². The third-order valence-corrected chi connectivity index (χ3v) is 4.23. The van der Waals surface area contributed by atoms with Gasteiger partial charge in [-0.2, -0.15) is 0 Å². The Hall–Kier alpha value is -0.840. The molecule has 1 heterocycles. The van der Waals surface area contributed by atoms with Crippen molar-refractivity contribution in [2.45, 2.75) is 32.2 Å². The van der Waals surface area contributed by atoms with Gasteiger partial charge in [-0.25, -0.2) is 0 Å². The number of aliphatic hydroxyl groups is 1. The Kier molecular flexibility index (Phi) is 5.85. The molecule has 0 aliphatic heterocycles. The average Bonchev–Trinajstić information content (AvgIpc) is 2.80. The van der Waals surface area contributed by atoms with Crippen molar-refractivity contribution in [3.8, 4) is 0 Å². The molecule has 2 N–H and O–H groups in total. The molecule has 0 atom stereocenters. The van der Waals surface area contributed by atoms with Gasteiger partial charge >= 0.3 is 0 Å². The van der Waals surface area contributed by atoms with Gasteiger partial charge in [-0.15, -0.1) is 11.3 Å². The molecular formula is C13H18ClNO2S. The fourth-order valence-corrected chi connectivity index (χ4v) is 2.53. The summed E-state index contributed by atoms with van der Waals surface area (Å²) in [6.07, 6.45) is 4.59. The zero-order valence-electron chi connectivity index (χ0n) is 10.6. The molecule has 0 unspecified atom stereocenters. The first-order chi connectivity index (χ1) is 8.55. The molecule has 0 aliphatic rings. The van der Waals surface area contributed by atoms with Crippen molar-refractivity contribution in [2.75, 3.05) is 6.61 Å². The number of nitrogens with one attached hydrogen (secondary N) is 1. The third kappa shape index (κ3) is 4.12. The molecule has 1 aromatic rings. The monoisotopic (exact) mass is 287 g/mol. The van der Waals surface area contributed by atoms with Crippen molar-refractivity contribution in [1.29, 1.82) is 0 Å². The first-order valence-electron chi connectivity index (χ1n) is 5.91. The van der Waals surface area contributed by atoms with Gasteiger partial charge < -0.3 is 10.4 Å². The smallest absolute Gasteiger partial charge is 0.244 e. The van der Waals surface area contributed by atoms with E-state index in [2.05, 4.69) is 5.32 Å². The first kappa shape index (κ1) is 15.2. The fraction of sp³-hybridized carbons (Fsp3) is 0.462. The molecule has 1 amide bonds. The molecule has 1 rings (SSSR count). The van der Waals surface area contributed by atoms with Crippen LogP contribution in [0.25, 0.3) is 6.08 Å². The van der Waals surface area contributed by atoms with Crippen molar-refractivity contribution in [2.24, 2.45) is 0 Å². The highest BCUT2D eigenvalue weighted by molar-refractivity contribution is 7.17. The van der Waals surface area contributed by atoms with Gasteiger partial charge in [0.1, 0.15) is 0 Å². The van der Waals surface area contributed by atoms with Crippen LogP contribution >= 0.6 is 22.9 Å². The number of hydrogen-bond acceptors (Lipinski definition) is 3. The number of rotatable bonds is 6. The first-order valence-corrected chi connectivity index (χ1v) is 7.11. The summed E-state index contributed by atoms with van der Waals surface area (Å²) >= 11 is 7.21. The lowest BCUT2D eigenvalue weighted by Crippen LogP contribution is -2.49. The van der Waals surface area contributed by atoms with E-state index in [-0.39, 0.29) is 12.5 Å². The molecule has 1 aromatic heterocycles. The fourth-order valence-electron chi connectivity index (χ4n) is 1.57. The van der Waals surface area contributed by atoms with Crippen LogP contribution < -0.4 is 5.32 Å². The Morgan fingerprint density at radius 1 is 1.50 bits per heavy atom. The van der Waals surface area contributed by atoms with E-state index < -0.39 is 5.54 Å². The molecule has 0 aromatic carbocycles. The zero-order chi connectivity index (χ0) is 13.6. The highest BCUT2D eigenvalue weighted by Crippen LogP contribution is 2.22. The molecule has 0 aliphatic carbocycles. The summed E-state index contributed by atoms with van der Waals surface area (Å²) in [4.78, 5) is 12.7. The van der Waals surface area contributed by atoms with E-state index in [1.54, 1.807) is 12.1 Å². The van der Waals surface area contributed by atoms with Crippen LogP contribution in [0.3, 0.4) is 0 Å². The number of thiophene rings is 1. The highest BCUT2D eigenvalue weighted by atomic mass is 35.5. The van der Waals surface area contributed by atoms with Gasteiger partial charge in [-0.3, -0.25) is 4.79 Å². The van der Waals surface area contributed by atoms with Crippen LogP contribution in [0.15, 0.2) is 18.2 Å². The van der Waals surface area contributed by atoms with E-state index in [0.29, 0.717) is 17.2 Å². The summed E-state index contributed by atoms with van der Waals surface area (Å²) in [7, 11) is 0. The quantitative estimate of drug-likeness (QED) is 0.790. The Balaban J connectivity index is 2.63. The second-order valence-corrected chi connectivity index (χ2v) is 5.86. The molecule has 0 saturated heterocycles. The lowest BCUT2D eigenvalue weighted by atomic mass is 9.94. The topological polar surface area (TPSA) is 49.3 Å². The minimum absolute atomic E-state index is 0.0512. The van der Waals surface area contributed by atoms with Crippen molar-refractivity contribution >= 4 is 34.9 Å². The van der Waals surface area contributed by atoms with Crippen molar-refractivity contribution in [3.05, 3.63) is 27.4 Å². The van der Waals surface area contributed by atoms with E-state index in [1.165, 1.54) is 17.4 Å². The maximum Gasteiger partial charge on any atom is 0.244 e. The van der Waals surface area contributed by atoms with E-state index in [4.69, 9.17) is 11.6 Å². The zero-order valence-corrected chi connectivity index (χ0v) is 12.1. The Morgan fingerprint density at radius 3 is 2.61 bits per heavy atom. The number of carbonyl (C=O) groups is 1. The molecule has 5 heteroatoms. The summed E-state index contributed by atoms with van der Waals surface area (Å²) in [6, 6.07) is 3.65. The van der Waals surface area contributed by atoms with Crippen molar-refractivity contribution < 1.29 is 9.90 Å². The van der Waals surface area contributed by atoms with E-state index in [0.717, 1.165) is 4.88 Å². The molecule has 0 radical (unpaired) electrons. The van der Waals surface area contributed by atoms with Crippen LogP contribution in [0.5, 0.6) is 0 Å². The maximum atomic E-state index is 11.8. The average molecular weight is 288 g/mol. The van der Waals surface area contributed by atoms with E-state index >= 15 is 0 Å². The maximum absolute atomic E-state index is 11.8. The Labute approximate surface area is 116 Å². The third-order valence-electron chi connectivity index (χ3n) is 3.04. The summed E-state index contributed by atoms with van der Waals surface area (Å²) in [5.41, 5.74) is -0.519. The lowest BCUT2D eigenvalue weighted by Gasteiger charge is -2.30. The largest absolute Gasteiger partial charge is 0.394 e. The summed E-state index contributed by atoms with van der Waals surface area (Å²) < 4.78 is 0.696. The molecule has 18 heavy (non-hydrogen) atoms. The molecular weight excluding hydrogens is 270 g/mol. The number of halogens is 1. The van der Waals surface area contributed by atoms with Crippen molar-refractivity contribution in [1.82, 2.24) is 5.32 Å². The Morgan fingerprint density at radius 2 is 2.17 bits per heavy atom.